The van der Waals surface area contributed by atoms with Crippen LogP contribution in [0, 0.1) is 11.8 Å². The molecule has 1 saturated carbocycles. The van der Waals surface area contributed by atoms with Crippen LogP contribution in [0.1, 0.15) is 38.7 Å². The van der Waals surface area contributed by atoms with E-state index in [-0.39, 0.29) is 4.90 Å². The molecule has 5 heteroatoms. The first kappa shape index (κ1) is 16.5. The highest BCUT2D eigenvalue weighted by Gasteiger charge is 2.24. The summed E-state index contributed by atoms with van der Waals surface area (Å²) in [5, 5.41) is 8.74. The van der Waals surface area contributed by atoms with Crippen LogP contribution in [0.4, 0.5) is 0 Å². The number of primary sulfonamides is 1. The topological polar surface area (TPSA) is 72.2 Å². The fourth-order valence-electron chi connectivity index (χ4n) is 3.06. The van der Waals surface area contributed by atoms with Crippen molar-refractivity contribution >= 4 is 10.0 Å². The maximum atomic E-state index is 11.2. The van der Waals surface area contributed by atoms with Gasteiger partial charge in [-0.15, -0.1) is 0 Å². The molecule has 4 nitrogen and oxygen atoms in total. The normalized spacial score (nSPS) is 26.7. The molecule has 0 radical (unpaired) electrons. The monoisotopic (exact) mass is 310 g/mol. The van der Waals surface area contributed by atoms with Crippen molar-refractivity contribution in [3.8, 4) is 0 Å². The Morgan fingerprint density at radius 2 is 1.86 bits per heavy atom. The van der Waals surface area contributed by atoms with Gasteiger partial charge in [-0.2, -0.15) is 0 Å². The van der Waals surface area contributed by atoms with E-state index in [0.29, 0.717) is 6.04 Å². The summed E-state index contributed by atoms with van der Waals surface area (Å²) in [5.74, 6) is 1.55. The quantitative estimate of drug-likeness (QED) is 0.876. The van der Waals surface area contributed by atoms with Crippen LogP contribution in [0.5, 0.6) is 0 Å². The lowest BCUT2D eigenvalue weighted by atomic mass is 9.80. The summed E-state index contributed by atoms with van der Waals surface area (Å²) in [6.45, 7) is 5.58. The number of nitrogens with one attached hydrogen (secondary N) is 1. The van der Waals surface area contributed by atoms with E-state index in [4.69, 9.17) is 5.14 Å². The molecular formula is C16H26N2O2S. The van der Waals surface area contributed by atoms with Crippen molar-refractivity contribution in [3.05, 3.63) is 29.8 Å². The molecule has 0 bridgehead atoms. The predicted molar refractivity (Wildman–Crippen MR) is 85.5 cm³/mol. The minimum atomic E-state index is -3.59. The van der Waals surface area contributed by atoms with Gasteiger partial charge >= 0.3 is 0 Å². The molecule has 1 aromatic carbocycles. The van der Waals surface area contributed by atoms with Gasteiger partial charge in [0.1, 0.15) is 0 Å². The van der Waals surface area contributed by atoms with E-state index in [1.165, 1.54) is 19.3 Å². The Morgan fingerprint density at radius 3 is 2.48 bits per heavy atom. The van der Waals surface area contributed by atoms with Crippen molar-refractivity contribution in [1.82, 2.24) is 5.32 Å². The van der Waals surface area contributed by atoms with E-state index in [1.807, 2.05) is 12.1 Å². The zero-order valence-electron chi connectivity index (χ0n) is 12.9. The first-order valence-corrected chi connectivity index (χ1v) is 9.26. The van der Waals surface area contributed by atoms with E-state index in [1.54, 1.807) is 12.1 Å². The van der Waals surface area contributed by atoms with Gasteiger partial charge in [0.05, 0.1) is 4.90 Å². The van der Waals surface area contributed by atoms with Gasteiger partial charge in [0, 0.05) is 6.04 Å². The Morgan fingerprint density at radius 1 is 1.19 bits per heavy atom. The number of rotatable bonds is 5. The predicted octanol–water partition coefficient (Wildman–Crippen LogP) is 2.29. The summed E-state index contributed by atoms with van der Waals surface area (Å²) >= 11 is 0. The molecule has 0 amide bonds. The highest BCUT2D eigenvalue weighted by molar-refractivity contribution is 7.89. The first-order valence-electron chi connectivity index (χ1n) is 7.71. The largest absolute Gasteiger partial charge is 0.313 e. The van der Waals surface area contributed by atoms with Crippen LogP contribution in [0.3, 0.4) is 0 Å². The molecular weight excluding hydrogens is 284 g/mol. The highest BCUT2D eigenvalue weighted by Crippen LogP contribution is 2.28. The van der Waals surface area contributed by atoms with E-state index >= 15 is 0 Å². The van der Waals surface area contributed by atoms with Crippen LogP contribution >= 0.6 is 0 Å². The number of nitrogens with two attached hydrogens (primary N) is 1. The highest BCUT2D eigenvalue weighted by atomic mass is 32.2. The van der Waals surface area contributed by atoms with Gasteiger partial charge in [-0.25, -0.2) is 13.6 Å². The number of hydrogen-bond acceptors (Lipinski definition) is 3. The smallest absolute Gasteiger partial charge is 0.238 e. The van der Waals surface area contributed by atoms with E-state index < -0.39 is 10.0 Å². The summed E-state index contributed by atoms with van der Waals surface area (Å²) in [6, 6.07) is 7.45. The Labute approximate surface area is 128 Å². The lowest BCUT2D eigenvalue weighted by molar-refractivity contribution is 0.230. The van der Waals surface area contributed by atoms with Crippen LogP contribution in [0.25, 0.3) is 0 Å². The summed E-state index contributed by atoms with van der Waals surface area (Å²) in [4.78, 5) is 0.175. The second-order valence-electron chi connectivity index (χ2n) is 6.40. The minimum Gasteiger partial charge on any atom is -0.313 e. The molecule has 3 atom stereocenters. The number of sulfonamides is 1. The molecule has 0 aromatic heterocycles. The van der Waals surface area contributed by atoms with Crippen LogP contribution in [-0.2, 0) is 16.4 Å². The maximum absolute atomic E-state index is 11.2. The van der Waals surface area contributed by atoms with Gasteiger partial charge < -0.3 is 5.32 Å². The molecule has 0 spiro atoms. The number of benzene rings is 1. The molecule has 21 heavy (non-hydrogen) atoms. The molecule has 118 valence electrons. The Bertz CT molecular complexity index is 554. The van der Waals surface area contributed by atoms with Crippen LogP contribution in [-0.4, -0.2) is 21.0 Å². The third kappa shape index (κ3) is 4.80. The minimum absolute atomic E-state index is 0.175. The zero-order chi connectivity index (χ0) is 15.5. The van der Waals surface area contributed by atoms with Crippen LogP contribution in [0.2, 0.25) is 0 Å². The second-order valence-corrected chi connectivity index (χ2v) is 7.96. The molecule has 0 saturated heterocycles. The molecule has 1 aromatic rings. The average Bonchev–Trinajstić information content (AvgIpc) is 2.42. The standard InChI is InChI=1S/C16H26N2O2S/c1-12-3-4-13(2)16(11-12)18-10-9-14-5-7-15(8-6-14)21(17,19)20/h5-8,12-13,16,18H,3-4,9-11H2,1-2H3,(H2,17,19,20). The second kappa shape index (κ2) is 6.90. The maximum Gasteiger partial charge on any atom is 0.238 e. The van der Waals surface area contributed by atoms with Gasteiger partial charge in [0.2, 0.25) is 10.0 Å². The summed E-state index contributed by atoms with van der Waals surface area (Å²) in [7, 11) is -3.59. The third-order valence-corrected chi connectivity index (χ3v) is 5.46. The van der Waals surface area contributed by atoms with E-state index in [2.05, 4.69) is 19.2 Å². The first-order chi connectivity index (χ1) is 9.86. The molecule has 0 heterocycles. The molecule has 0 aliphatic heterocycles. The summed E-state index contributed by atoms with van der Waals surface area (Å²) < 4.78 is 22.4. The van der Waals surface area contributed by atoms with Gasteiger partial charge in [-0.05, 0) is 55.3 Å². The molecule has 3 N–H and O–H groups in total. The Balaban J connectivity index is 1.83. The molecule has 1 aliphatic carbocycles. The van der Waals surface area contributed by atoms with Crippen LogP contribution < -0.4 is 10.5 Å². The van der Waals surface area contributed by atoms with Gasteiger partial charge in [-0.1, -0.05) is 32.4 Å². The summed E-state index contributed by atoms with van der Waals surface area (Å²) in [6.07, 6.45) is 4.81. The average molecular weight is 310 g/mol. The molecule has 2 rings (SSSR count). The van der Waals surface area contributed by atoms with Crippen molar-refractivity contribution in [2.45, 2.75) is 50.5 Å². The lowest BCUT2D eigenvalue weighted by Crippen LogP contribution is -2.40. The Kier molecular flexibility index (Phi) is 5.41. The fraction of sp³-hybridized carbons (Fsp3) is 0.625. The zero-order valence-corrected chi connectivity index (χ0v) is 13.7. The van der Waals surface area contributed by atoms with E-state index in [0.717, 1.165) is 30.4 Å². The van der Waals surface area contributed by atoms with Crippen molar-refractivity contribution in [2.75, 3.05) is 6.54 Å². The lowest BCUT2D eigenvalue weighted by Gasteiger charge is -2.33. The van der Waals surface area contributed by atoms with Crippen LogP contribution in [0.15, 0.2) is 29.2 Å². The SMILES string of the molecule is CC1CCC(C)C(NCCc2ccc(S(N)(=O)=O)cc2)C1. The third-order valence-electron chi connectivity index (χ3n) is 4.53. The van der Waals surface area contributed by atoms with E-state index in [9.17, 15) is 8.42 Å². The van der Waals surface area contributed by atoms with Crippen molar-refractivity contribution < 1.29 is 8.42 Å². The molecule has 1 fully saturated rings. The molecule has 3 unspecified atom stereocenters. The van der Waals surface area contributed by atoms with Gasteiger partial charge in [0.25, 0.3) is 0 Å². The Hall–Kier alpha value is -0.910. The number of hydrogen-bond donors (Lipinski definition) is 2. The van der Waals surface area contributed by atoms with Gasteiger partial charge in [0.15, 0.2) is 0 Å². The van der Waals surface area contributed by atoms with Crippen molar-refractivity contribution in [1.29, 1.82) is 0 Å². The van der Waals surface area contributed by atoms with Gasteiger partial charge in [-0.3, -0.25) is 0 Å². The molecule has 1 aliphatic rings. The van der Waals surface area contributed by atoms with Crippen molar-refractivity contribution in [2.24, 2.45) is 17.0 Å². The van der Waals surface area contributed by atoms with Crippen molar-refractivity contribution in [3.63, 3.8) is 0 Å². The summed E-state index contributed by atoms with van der Waals surface area (Å²) in [5.41, 5.74) is 1.13. The fourth-order valence-corrected chi connectivity index (χ4v) is 3.58.